The van der Waals surface area contributed by atoms with E-state index in [1.807, 2.05) is 0 Å². The number of hydrogen-bond acceptors (Lipinski definition) is 2. The molecule has 1 fully saturated rings. The van der Waals surface area contributed by atoms with Crippen LogP contribution in [0.5, 0.6) is 0 Å². The smallest absolute Gasteiger partial charge is 0.391 e. The van der Waals surface area contributed by atoms with Crippen LogP contribution in [0, 0.1) is 11.7 Å². The average molecular weight is 263 g/mol. The van der Waals surface area contributed by atoms with Crippen molar-refractivity contribution in [3.05, 3.63) is 35.1 Å². The molecule has 0 saturated heterocycles. The summed E-state index contributed by atoms with van der Waals surface area (Å²) in [6, 6.07) is 1.82. The molecule has 0 aliphatic heterocycles. The minimum atomic E-state index is -4.76. The molecule has 0 spiro atoms. The van der Waals surface area contributed by atoms with Gasteiger partial charge in [0.25, 0.3) is 0 Å². The Kier molecular flexibility index (Phi) is 3.33. The lowest BCUT2D eigenvalue weighted by atomic mass is 9.96. The summed E-state index contributed by atoms with van der Waals surface area (Å²) in [5.41, 5.74) is 4.00. The van der Waals surface area contributed by atoms with E-state index in [2.05, 4.69) is 0 Å². The van der Waals surface area contributed by atoms with Crippen molar-refractivity contribution in [3.63, 3.8) is 0 Å². The van der Waals surface area contributed by atoms with Crippen molar-refractivity contribution in [2.45, 2.75) is 31.2 Å². The van der Waals surface area contributed by atoms with Crippen molar-refractivity contribution in [1.29, 1.82) is 0 Å². The molecule has 1 aromatic rings. The second-order valence-electron chi connectivity index (χ2n) is 4.56. The van der Waals surface area contributed by atoms with E-state index in [1.165, 1.54) is 6.07 Å². The van der Waals surface area contributed by atoms with Crippen molar-refractivity contribution >= 4 is 0 Å². The summed E-state index contributed by atoms with van der Waals surface area (Å²) in [6.45, 7) is 0. The molecule has 1 aliphatic rings. The van der Waals surface area contributed by atoms with Crippen LogP contribution in [0.1, 0.15) is 30.0 Å². The van der Waals surface area contributed by atoms with Crippen LogP contribution in [-0.2, 0) is 6.18 Å². The van der Waals surface area contributed by atoms with Gasteiger partial charge in [0.05, 0.1) is 17.7 Å². The Morgan fingerprint density at radius 1 is 1.28 bits per heavy atom. The molecule has 1 aliphatic carbocycles. The predicted octanol–water partition coefficient (Wildman–Crippen LogP) is 2.62. The van der Waals surface area contributed by atoms with Crippen LogP contribution in [0.15, 0.2) is 18.2 Å². The molecule has 0 bridgehead atoms. The van der Waals surface area contributed by atoms with Crippen molar-refractivity contribution in [2.75, 3.05) is 0 Å². The molecule has 18 heavy (non-hydrogen) atoms. The van der Waals surface area contributed by atoms with Gasteiger partial charge in [-0.25, -0.2) is 4.39 Å². The van der Waals surface area contributed by atoms with Crippen LogP contribution in [0.2, 0.25) is 0 Å². The second-order valence-corrected chi connectivity index (χ2v) is 4.56. The fourth-order valence-electron chi connectivity index (χ4n) is 1.94. The van der Waals surface area contributed by atoms with E-state index in [4.69, 9.17) is 5.73 Å². The summed E-state index contributed by atoms with van der Waals surface area (Å²) in [5, 5.41) is 9.76. The number of benzene rings is 1. The molecule has 1 saturated carbocycles. The van der Waals surface area contributed by atoms with Crippen molar-refractivity contribution in [1.82, 2.24) is 0 Å². The zero-order chi connectivity index (χ0) is 13.5. The average Bonchev–Trinajstić information content (AvgIpc) is 3.09. The summed E-state index contributed by atoms with van der Waals surface area (Å²) < 4.78 is 51.3. The maximum absolute atomic E-state index is 13.8. The SMILES string of the molecule is N[C@H](c1cccc(C(F)(F)F)c1F)[C@@H](O)C1CC1. The monoisotopic (exact) mass is 263 g/mol. The molecule has 3 N–H and O–H groups in total. The number of rotatable bonds is 3. The van der Waals surface area contributed by atoms with Gasteiger partial charge in [-0.05, 0) is 24.8 Å². The van der Waals surface area contributed by atoms with Gasteiger partial charge >= 0.3 is 6.18 Å². The minimum absolute atomic E-state index is 0.0334. The van der Waals surface area contributed by atoms with Crippen LogP contribution in [0.4, 0.5) is 17.6 Å². The molecule has 2 rings (SSSR count). The van der Waals surface area contributed by atoms with E-state index >= 15 is 0 Å². The third-order valence-corrected chi connectivity index (χ3v) is 3.17. The molecule has 0 heterocycles. The molecule has 2 nitrogen and oxygen atoms in total. The summed E-state index contributed by atoms with van der Waals surface area (Å²) in [4.78, 5) is 0. The van der Waals surface area contributed by atoms with Gasteiger partial charge < -0.3 is 10.8 Å². The summed E-state index contributed by atoms with van der Waals surface area (Å²) >= 11 is 0. The summed E-state index contributed by atoms with van der Waals surface area (Å²) in [7, 11) is 0. The number of halogens is 4. The number of aliphatic hydroxyl groups is 1. The largest absolute Gasteiger partial charge is 0.419 e. The third-order valence-electron chi connectivity index (χ3n) is 3.17. The van der Waals surface area contributed by atoms with Gasteiger partial charge in [0.2, 0.25) is 0 Å². The quantitative estimate of drug-likeness (QED) is 0.823. The molecule has 2 atom stereocenters. The lowest BCUT2D eigenvalue weighted by molar-refractivity contribution is -0.140. The van der Waals surface area contributed by atoms with Gasteiger partial charge in [-0.3, -0.25) is 0 Å². The van der Waals surface area contributed by atoms with Gasteiger partial charge in [-0.2, -0.15) is 13.2 Å². The van der Waals surface area contributed by atoms with E-state index in [1.54, 1.807) is 0 Å². The van der Waals surface area contributed by atoms with Gasteiger partial charge in [-0.1, -0.05) is 12.1 Å². The van der Waals surface area contributed by atoms with E-state index in [0.29, 0.717) is 6.07 Å². The Morgan fingerprint density at radius 2 is 1.89 bits per heavy atom. The Morgan fingerprint density at radius 3 is 2.39 bits per heavy atom. The van der Waals surface area contributed by atoms with Crippen LogP contribution in [0.3, 0.4) is 0 Å². The highest BCUT2D eigenvalue weighted by Gasteiger charge is 2.39. The van der Waals surface area contributed by atoms with Crippen LogP contribution in [0.25, 0.3) is 0 Å². The van der Waals surface area contributed by atoms with Gasteiger partial charge in [-0.15, -0.1) is 0 Å². The van der Waals surface area contributed by atoms with E-state index in [0.717, 1.165) is 18.9 Å². The van der Waals surface area contributed by atoms with Gasteiger partial charge in [0.15, 0.2) is 0 Å². The van der Waals surface area contributed by atoms with E-state index in [9.17, 15) is 22.7 Å². The fraction of sp³-hybridized carbons (Fsp3) is 0.500. The molecule has 0 unspecified atom stereocenters. The highest BCUT2D eigenvalue weighted by molar-refractivity contribution is 5.31. The Balaban J connectivity index is 2.33. The topological polar surface area (TPSA) is 46.2 Å². The second kappa shape index (κ2) is 4.51. The van der Waals surface area contributed by atoms with Crippen LogP contribution in [-0.4, -0.2) is 11.2 Å². The first-order valence-electron chi connectivity index (χ1n) is 5.61. The first-order chi connectivity index (χ1) is 8.32. The lowest BCUT2D eigenvalue weighted by Gasteiger charge is -2.20. The zero-order valence-electron chi connectivity index (χ0n) is 9.41. The molecule has 0 amide bonds. The van der Waals surface area contributed by atoms with Crippen molar-refractivity contribution in [3.8, 4) is 0 Å². The van der Waals surface area contributed by atoms with E-state index < -0.39 is 29.7 Å². The van der Waals surface area contributed by atoms with Crippen LogP contribution >= 0.6 is 0 Å². The molecule has 6 heteroatoms. The summed E-state index contributed by atoms with van der Waals surface area (Å²) in [5.74, 6) is -1.42. The Bertz CT molecular complexity index is 442. The molecular weight excluding hydrogens is 250 g/mol. The highest BCUT2D eigenvalue weighted by atomic mass is 19.4. The number of hydrogen-bond donors (Lipinski definition) is 2. The Labute approximate surface area is 101 Å². The number of alkyl halides is 3. The molecule has 0 aromatic heterocycles. The molecule has 100 valence electrons. The number of nitrogens with two attached hydrogens (primary N) is 1. The minimum Gasteiger partial charge on any atom is -0.391 e. The predicted molar refractivity (Wildman–Crippen MR) is 57.1 cm³/mol. The lowest BCUT2D eigenvalue weighted by Crippen LogP contribution is -2.29. The fourth-order valence-corrected chi connectivity index (χ4v) is 1.94. The Hall–Kier alpha value is -1.14. The van der Waals surface area contributed by atoms with Crippen LogP contribution < -0.4 is 5.73 Å². The number of aliphatic hydroxyl groups excluding tert-OH is 1. The maximum atomic E-state index is 13.8. The molecular formula is C12H13F4NO. The first-order valence-corrected chi connectivity index (χ1v) is 5.61. The normalized spacial score (nSPS) is 19.7. The summed E-state index contributed by atoms with van der Waals surface area (Å²) in [6.07, 6.45) is -4.21. The zero-order valence-corrected chi connectivity index (χ0v) is 9.41. The highest BCUT2D eigenvalue weighted by Crippen LogP contribution is 2.39. The van der Waals surface area contributed by atoms with Gasteiger partial charge in [0, 0.05) is 5.56 Å². The van der Waals surface area contributed by atoms with Crippen molar-refractivity contribution < 1.29 is 22.7 Å². The molecule has 1 aromatic carbocycles. The standard InChI is InChI=1S/C12H13F4NO/c13-9-7(10(17)11(18)6-4-5-6)2-1-3-8(9)12(14,15)16/h1-3,6,10-11,18H,4-5,17H2/t10-,11+/m1/s1. The van der Waals surface area contributed by atoms with Crippen molar-refractivity contribution in [2.24, 2.45) is 11.7 Å². The first kappa shape index (κ1) is 13.3. The van der Waals surface area contributed by atoms with Gasteiger partial charge in [0.1, 0.15) is 5.82 Å². The maximum Gasteiger partial charge on any atom is 0.419 e. The van der Waals surface area contributed by atoms with E-state index in [-0.39, 0.29) is 11.5 Å². The molecule has 0 radical (unpaired) electrons. The third kappa shape index (κ3) is 2.49.